The van der Waals surface area contributed by atoms with Crippen molar-refractivity contribution in [3.8, 4) is 5.75 Å². The van der Waals surface area contributed by atoms with Crippen LogP contribution < -0.4 is 10.5 Å². The van der Waals surface area contributed by atoms with Gasteiger partial charge in [0.15, 0.2) is 0 Å². The predicted molar refractivity (Wildman–Crippen MR) is 76.5 cm³/mol. The SMILES string of the molecule is CCCCOc1ccc(Br)cc1CC(N)CC. The summed E-state index contributed by atoms with van der Waals surface area (Å²) in [5.74, 6) is 0.977. The molecule has 3 heteroatoms. The first kappa shape index (κ1) is 14.5. The Morgan fingerprint density at radius 1 is 1.35 bits per heavy atom. The second-order valence-corrected chi connectivity index (χ2v) is 5.24. The molecule has 0 bridgehead atoms. The third-order valence-electron chi connectivity index (χ3n) is 2.78. The lowest BCUT2D eigenvalue weighted by Crippen LogP contribution is -2.21. The Balaban J connectivity index is 2.72. The summed E-state index contributed by atoms with van der Waals surface area (Å²) in [4.78, 5) is 0. The molecule has 1 atom stereocenters. The Morgan fingerprint density at radius 2 is 2.12 bits per heavy atom. The van der Waals surface area contributed by atoms with Crippen LogP contribution in [0.4, 0.5) is 0 Å². The molecule has 1 aromatic carbocycles. The minimum Gasteiger partial charge on any atom is -0.493 e. The minimum absolute atomic E-state index is 0.206. The van der Waals surface area contributed by atoms with Crippen molar-refractivity contribution >= 4 is 15.9 Å². The summed E-state index contributed by atoms with van der Waals surface area (Å²) in [6.07, 6.45) is 4.11. The minimum atomic E-state index is 0.206. The maximum Gasteiger partial charge on any atom is 0.122 e. The lowest BCUT2D eigenvalue weighted by molar-refractivity contribution is 0.305. The number of nitrogens with two attached hydrogens (primary N) is 1. The van der Waals surface area contributed by atoms with E-state index in [0.717, 1.165) is 42.5 Å². The molecule has 2 nitrogen and oxygen atoms in total. The molecule has 2 N–H and O–H groups in total. The molecule has 0 heterocycles. The van der Waals surface area contributed by atoms with Crippen LogP contribution in [0.15, 0.2) is 22.7 Å². The number of unbranched alkanes of at least 4 members (excludes halogenated alkanes) is 1. The van der Waals surface area contributed by atoms with Gasteiger partial charge < -0.3 is 10.5 Å². The number of hydrogen-bond donors (Lipinski definition) is 1. The van der Waals surface area contributed by atoms with Crippen LogP contribution in [0.25, 0.3) is 0 Å². The van der Waals surface area contributed by atoms with E-state index in [2.05, 4.69) is 35.8 Å². The van der Waals surface area contributed by atoms with Crippen molar-refractivity contribution in [3.63, 3.8) is 0 Å². The highest BCUT2D eigenvalue weighted by Gasteiger charge is 2.08. The first-order valence-corrected chi connectivity index (χ1v) is 7.13. The maximum absolute atomic E-state index is 6.01. The molecule has 0 saturated carbocycles. The van der Waals surface area contributed by atoms with Crippen molar-refractivity contribution < 1.29 is 4.74 Å². The highest BCUT2D eigenvalue weighted by Crippen LogP contribution is 2.25. The van der Waals surface area contributed by atoms with Crippen LogP contribution in [-0.4, -0.2) is 12.6 Å². The third kappa shape index (κ3) is 5.09. The van der Waals surface area contributed by atoms with E-state index in [1.54, 1.807) is 0 Å². The predicted octanol–water partition coefficient (Wildman–Crippen LogP) is 3.91. The van der Waals surface area contributed by atoms with E-state index in [0.29, 0.717) is 0 Å². The quantitative estimate of drug-likeness (QED) is 0.775. The molecule has 0 aromatic heterocycles. The van der Waals surface area contributed by atoms with Crippen LogP contribution in [0.2, 0.25) is 0 Å². The van der Waals surface area contributed by atoms with Gasteiger partial charge in [-0.25, -0.2) is 0 Å². The first-order chi connectivity index (χ1) is 8.17. The number of ether oxygens (including phenoxy) is 1. The largest absolute Gasteiger partial charge is 0.493 e. The summed E-state index contributed by atoms with van der Waals surface area (Å²) in [6, 6.07) is 6.36. The van der Waals surface area contributed by atoms with Gasteiger partial charge in [0.25, 0.3) is 0 Å². The normalized spacial score (nSPS) is 12.5. The fraction of sp³-hybridized carbons (Fsp3) is 0.571. The number of benzene rings is 1. The topological polar surface area (TPSA) is 35.2 Å². The molecule has 96 valence electrons. The fourth-order valence-corrected chi connectivity index (χ4v) is 2.01. The molecule has 1 unspecified atom stereocenters. The highest BCUT2D eigenvalue weighted by atomic mass is 79.9. The van der Waals surface area contributed by atoms with Gasteiger partial charge in [-0.1, -0.05) is 36.2 Å². The molecule has 0 spiro atoms. The van der Waals surface area contributed by atoms with Crippen LogP contribution >= 0.6 is 15.9 Å². The summed E-state index contributed by atoms with van der Waals surface area (Å²) < 4.78 is 6.88. The zero-order chi connectivity index (χ0) is 12.7. The van der Waals surface area contributed by atoms with E-state index in [9.17, 15) is 0 Å². The Labute approximate surface area is 113 Å². The highest BCUT2D eigenvalue weighted by molar-refractivity contribution is 9.10. The van der Waals surface area contributed by atoms with Gasteiger partial charge in [0.2, 0.25) is 0 Å². The van der Waals surface area contributed by atoms with Gasteiger partial charge in [-0.15, -0.1) is 0 Å². The van der Waals surface area contributed by atoms with Gasteiger partial charge in [-0.05, 0) is 43.0 Å². The smallest absolute Gasteiger partial charge is 0.122 e. The van der Waals surface area contributed by atoms with E-state index >= 15 is 0 Å². The van der Waals surface area contributed by atoms with Crippen molar-refractivity contribution in [2.45, 2.75) is 45.6 Å². The molecule has 1 rings (SSSR count). The Kier molecular flexibility index (Phi) is 6.60. The number of halogens is 1. The van der Waals surface area contributed by atoms with E-state index in [4.69, 9.17) is 10.5 Å². The Morgan fingerprint density at radius 3 is 2.76 bits per heavy atom. The van der Waals surface area contributed by atoms with E-state index in [1.165, 1.54) is 5.56 Å². The lowest BCUT2D eigenvalue weighted by atomic mass is 10.0. The van der Waals surface area contributed by atoms with Crippen molar-refractivity contribution in [1.82, 2.24) is 0 Å². The number of rotatable bonds is 7. The van der Waals surface area contributed by atoms with Crippen molar-refractivity contribution in [3.05, 3.63) is 28.2 Å². The summed E-state index contributed by atoms with van der Waals surface area (Å²) >= 11 is 3.49. The van der Waals surface area contributed by atoms with Gasteiger partial charge >= 0.3 is 0 Å². The summed E-state index contributed by atoms with van der Waals surface area (Å²) in [7, 11) is 0. The van der Waals surface area contributed by atoms with Gasteiger partial charge in [0, 0.05) is 10.5 Å². The van der Waals surface area contributed by atoms with Crippen molar-refractivity contribution in [2.24, 2.45) is 5.73 Å². The van der Waals surface area contributed by atoms with E-state index in [1.807, 2.05) is 12.1 Å². The maximum atomic E-state index is 6.01. The molecule has 0 radical (unpaired) electrons. The molecular formula is C14H22BrNO. The second kappa shape index (κ2) is 7.72. The van der Waals surface area contributed by atoms with Crippen LogP contribution in [0.1, 0.15) is 38.7 Å². The first-order valence-electron chi connectivity index (χ1n) is 6.34. The van der Waals surface area contributed by atoms with Crippen LogP contribution in [0, 0.1) is 0 Å². The average molecular weight is 300 g/mol. The van der Waals surface area contributed by atoms with Crippen LogP contribution in [-0.2, 0) is 6.42 Å². The molecule has 0 aliphatic heterocycles. The van der Waals surface area contributed by atoms with Crippen molar-refractivity contribution in [1.29, 1.82) is 0 Å². The number of hydrogen-bond acceptors (Lipinski definition) is 2. The summed E-state index contributed by atoms with van der Waals surface area (Å²) in [5.41, 5.74) is 7.21. The molecule has 0 amide bonds. The third-order valence-corrected chi connectivity index (χ3v) is 3.28. The molecular weight excluding hydrogens is 278 g/mol. The summed E-state index contributed by atoms with van der Waals surface area (Å²) in [6.45, 7) is 5.06. The van der Waals surface area contributed by atoms with E-state index in [-0.39, 0.29) is 6.04 Å². The Bertz CT molecular complexity index is 341. The van der Waals surface area contributed by atoms with Gasteiger partial charge in [0.05, 0.1) is 6.61 Å². The van der Waals surface area contributed by atoms with Crippen LogP contribution in [0.5, 0.6) is 5.75 Å². The van der Waals surface area contributed by atoms with Crippen molar-refractivity contribution in [2.75, 3.05) is 6.61 Å². The lowest BCUT2D eigenvalue weighted by Gasteiger charge is -2.14. The molecule has 17 heavy (non-hydrogen) atoms. The zero-order valence-corrected chi connectivity index (χ0v) is 12.3. The monoisotopic (exact) mass is 299 g/mol. The van der Waals surface area contributed by atoms with Gasteiger partial charge in [-0.3, -0.25) is 0 Å². The molecule has 0 aliphatic carbocycles. The van der Waals surface area contributed by atoms with E-state index < -0.39 is 0 Å². The fourth-order valence-electron chi connectivity index (χ4n) is 1.60. The average Bonchev–Trinajstić information content (AvgIpc) is 2.32. The molecule has 1 aromatic rings. The standard InChI is InChI=1S/C14H22BrNO/c1-3-5-8-17-14-7-6-12(15)9-11(14)10-13(16)4-2/h6-7,9,13H,3-5,8,10,16H2,1-2H3. The Hall–Kier alpha value is -0.540. The zero-order valence-electron chi connectivity index (χ0n) is 10.7. The molecule has 0 fully saturated rings. The summed E-state index contributed by atoms with van der Waals surface area (Å²) in [5, 5.41) is 0. The van der Waals surface area contributed by atoms with Crippen LogP contribution in [0.3, 0.4) is 0 Å². The van der Waals surface area contributed by atoms with Gasteiger partial charge in [0.1, 0.15) is 5.75 Å². The molecule has 0 saturated heterocycles. The molecule has 0 aliphatic rings. The second-order valence-electron chi connectivity index (χ2n) is 4.33. The van der Waals surface area contributed by atoms with Gasteiger partial charge in [-0.2, -0.15) is 0 Å².